The SMILES string of the molecule is CNCC(O)Cc1ccc(SCc2ccc(Cl)cc2Cl)cc1. The molecule has 0 bridgehead atoms. The summed E-state index contributed by atoms with van der Waals surface area (Å²) in [7, 11) is 1.84. The van der Waals surface area contributed by atoms with Gasteiger partial charge in [0.15, 0.2) is 0 Å². The number of benzene rings is 2. The average Bonchev–Trinajstić information content (AvgIpc) is 2.48. The molecule has 118 valence electrons. The van der Waals surface area contributed by atoms with E-state index in [-0.39, 0.29) is 6.10 Å². The number of aliphatic hydroxyl groups is 1. The Balaban J connectivity index is 1.91. The molecule has 2 aromatic rings. The van der Waals surface area contributed by atoms with Crippen molar-refractivity contribution in [1.82, 2.24) is 5.32 Å². The van der Waals surface area contributed by atoms with Gasteiger partial charge in [-0.1, -0.05) is 41.4 Å². The highest BCUT2D eigenvalue weighted by molar-refractivity contribution is 7.98. The third-order valence-electron chi connectivity index (χ3n) is 3.24. The number of aliphatic hydroxyl groups excluding tert-OH is 1. The smallest absolute Gasteiger partial charge is 0.0704 e. The molecule has 0 aromatic heterocycles. The Kier molecular flexibility index (Phi) is 7.06. The first-order chi connectivity index (χ1) is 10.6. The van der Waals surface area contributed by atoms with Gasteiger partial charge in [0.2, 0.25) is 0 Å². The highest BCUT2D eigenvalue weighted by atomic mass is 35.5. The van der Waals surface area contributed by atoms with Crippen LogP contribution in [-0.4, -0.2) is 24.8 Å². The van der Waals surface area contributed by atoms with Gasteiger partial charge in [0.1, 0.15) is 0 Å². The summed E-state index contributed by atoms with van der Waals surface area (Å²) in [5.74, 6) is 0.803. The Morgan fingerprint density at radius 3 is 2.50 bits per heavy atom. The molecule has 0 aliphatic rings. The molecular formula is C17H19Cl2NOS. The normalized spacial score (nSPS) is 12.4. The molecule has 2 N–H and O–H groups in total. The number of hydrogen-bond donors (Lipinski definition) is 2. The first-order valence-electron chi connectivity index (χ1n) is 7.07. The second-order valence-corrected chi connectivity index (χ2v) is 6.98. The lowest BCUT2D eigenvalue weighted by atomic mass is 10.1. The molecule has 0 saturated carbocycles. The van der Waals surface area contributed by atoms with Crippen LogP contribution in [0.25, 0.3) is 0 Å². The molecule has 0 heterocycles. The van der Waals surface area contributed by atoms with Crippen molar-refractivity contribution < 1.29 is 5.11 Å². The molecule has 0 amide bonds. The van der Waals surface area contributed by atoms with Crippen LogP contribution in [0.1, 0.15) is 11.1 Å². The van der Waals surface area contributed by atoms with Crippen molar-refractivity contribution in [3.05, 3.63) is 63.6 Å². The highest BCUT2D eigenvalue weighted by Crippen LogP contribution is 2.28. The molecule has 0 fully saturated rings. The molecule has 0 aliphatic heterocycles. The molecule has 0 radical (unpaired) electrons. The number of halogens is 2. The second kappa shape index (κ2) is 8.80. The Morgan fingerprint density at radius 1 is 1.14 bits per heavy atom. The minimum atomic E-state index is -0.351. The zero-order valence-electron chi connectivity index (χ0n) is 12.4. The van der Waals surface area contributed by atoms with Crippen molar-refractivity contribution in [2.45, 2.75) is 23.2 Å². The topological polar surface area (TPSA) is 32.3 Å². The Hall–Kier alpha value is -0.710. The first kappa shape index (κ1) is 17.6. The number of thioether (sulfide) groups is 1. The zero-order valence-corrected chi connectivity index (χ0v) is 14.7. The minimum Gasteiger partial charge on any atom is -0.391 e. The molecule has 1 unspecified atom stereocenters. The van der Waals surface area contributed by atoms with Crippen LogP contribution in [-0.2, 0) is 12.2 Å². The van der Waals surface area contributed by atoms with E-state index in [0.717, 1.165) is 16.9 Å². The molecule has 0 aliphatic carbocycles. The molecule has 0 spiro atoms. The van der Waals surface area contributed by atoms with Gasteiger partial charge < -0.3 is 10.4 Å². The van der Waals surface area contributed by atoms with Crippen LogP contribution in [0.15, 0.2) is 47.4 Å². The van der Waals surface area contributed by atoms with Crippen LogP contribution in [0, 0.1) is 0 Å². The summed E-state index contributed by atoms with van der Waals surface area (Å²) in [6, 6.07) is 13.9. The molecule has 1 atom stereocenters. The van der Waals surface area contributed by atoms with Crippen LogP contribution >= 0.6 is 35.0 Å². The van der Waals surface area contributed by atoms with Crippen molar-refractivity contribution >= 4 is 35.0 Å². The fourth-order valence-corrected chi connectivity index (χ4v) is 3.56. The summed E-state index contributed by atoms with van der Waals surface area (Å²) in [5, 5.41) is 14.1. The van der Waals surface area contributed by atoms with Gasteiger partial charge in [-0.05, 0) is 48.9 Å². The van der Waals surface area contributed by atoms with E-state index < -0.39 is 0 Å². The largest absolute Gasteiger partial charge is 0.391 e. The molecule has 2 nitrogen and oxygen atoms in total. The number of rotatable bonds is 7. The van der Waals surface area contributed by atoms with Crippen molar-refractivity contribution in [2.75, 3.05) is 13.6 Å². The van der Waals surface area contributed by atoms with E-state index in [1.54, 1.807) is 17.8 Å². The van der Waals surface area contributed by atoms with E-state index in [1.807, 2.05) is 19.2 Å². The van der Waals surface area contributed by atoms with Gasteiger partial charge in [0, 0.05) is 27.2 Å². The predicted molar refractivity (Wildman–Crippen MR) is 96.1 cm³/mol. The zero-order chi connectivity index (χ0) is 15.9. The Morgan fingerprint density at radius 2 is 1.86 bits per heavy atom. The third kappa shape index (κ3) is 5.49. The lowest BCUT2D eigenvalue weighted by Crippen LogP contribution is -2.25. The van der Waals surface area contributed by atoms with Crippen LogP contribution in [0.2, 0.25) is 10.0 Å². The first-order valence-corrected chi connectivity index (χ1v) is 8.81. The maximum atomic E-state index is 9.78. The van der Waals surface area contributed by atoms with Crippen molar-refractivity contribution in [3.8, 4) is 0 Å². The summed E-state index contributed by atoms with van der Waals surface area (Å²) in [4.78, 5) is 1.18. The van der Waals surface area contributed by atoms with E-state index in [0.29, 0.717) is 23.0 Å². The van der Waals surface area contributed by atoms with Crippen molar-refractivity contribution in [2.24, 2.45) is 0 Å². The molecular weight excluding hydrogens is 337 g/mol. The van der Waals surface area contributed by atoms with Crippen LogP contribution in [0.4, 0.5) is 0 Å². The highest BCUT2D eigenvalue weighted by Gasteiger charge is 2.05. The predicted octanol–water partition coefficient (Wildman–Crippen LogP) is 4.41. The lowest BCUT2D eigenvalue weighted by molar-refractivity contribution is 0.175. The van der Waals surface area contributed by atoms with E-state index in [9.17, 15) is 5.11 Å². The van der Waals surface area contributed by atoms with Crippen LogP contribution in [0.5, 0.6) is 0 Å². The van der Waals surface area contributed by atoms with Gasteiger partial charge >= 0.3 is 0 Å². The quantitative estimate of drug-likeness (QED) is 0.721. The van der Waals surface area contributed by atoms with E-state index >= 15 is 0 Å². The summed E-state index contributed by atoms with van der Waals surface area (Å²) in [6.45, 7) is 0.603. The van der Waals surface area contributed by atoms with E-state index in [1.165, 1.54) is 4.90 Å². The monoisotopic (exact) mass is 355 g/mol. The third-order valence-corrected chi connectivity index (χ3v) is 4.89. The number of hydrogen-bond acceptors (Lipinski definition) is 3. The summed E-state index contributed by atoms with van der Waals surface area (Å²) < 4.78 is 0. The van der Waals surface area contributed by atoms with Gasteiger partial charge in [0.25, 0.3) is 0 Å². The standard InChI is InChI=1S/C17H19Cl2NOS/c1-20-10-15(21)8-12-2-6-16(7-3-12)22-11-13-4-5-14(18)9-17(13)19/h2-7,9,15,20-21H,8,10-11H2,1H3. The number of likely N-dealkylation sites (N-methyl/N-ethyl adjacent to an activating group) is 1. The van der Waals surface area contributed by atoms with Gasteiger partial charge in [0.05, 0.1) is 6.10 Å². The maximum absolute atomic E-state index is 9.78. The average molecular weight is 356 g/mol. The fourth-order valence-electron chi connectivity index (χ4n) is 2.10. The van der Waals surface area contributed by atoms with Gasteiger partial charge in [-0.25, -0.2) is 0 Å². The summed E-state index contributed by atoms with van der Waals surface area (Å²) in [6.07, 6.45) is 0.311. The van der Waals surface area contributed by atoms with E-state index in [4.69, 9.17) is 23.2 Å². The van der Waals surface area contributed by atoms with Crippen molar-refractivity contribution in [1.29, 1.82) is 0 Å². The van der Waals surface area contributed by atoms with Crippen LogP contribution < -0.4 is 5.32 Å². The fraction of sp³-hybridized carbons (Fsp3) is 0.294. The van der Waals surface area contributed by atoms with Crippen LogP contribution in [0.3, 0.4) is 0 Å². The molecule has 5 heteroatoms. The lowest BCUT2D eigenvalue weighted by Gasteiger charge is -2.10. The van der Waals surface area contributed by atoms with Gasteiger partial charge in [-0.3, -0.25) is 0 Å². The Labute approximate surface area is 145 Å². The summed E-state index contributed by atoms with van der Waals surface area (Å²) >= 11 is 13.8. The number of nitrogens with one attached hydrogen (secondary N) is 1. The molecule has 0 saturated heterocycles. The minimum absolute atomic E-state index is 0.351. The second-order valence-electron chi connectivity index (χ2n) is 5.08. The molecule has 2 rings (SSSR count). The molecule has 22 heavy (non-hydrogen) atoms. The van der Waals surface area contributed by atoms with Gasteiger partial charge in [-0.15, -0.1) is 11.8 Å². The van der Waals surface area contributed by atoms with Gasteiger partial charge in [-0.2, -0.15) is 0 Å². The Bertz CT molecular complexity index is 604. The van der Waals surface area contributed by atoms with Crippen molar-refractivity contribution in [3.63, 3.8) is 0 Å². The summed E-state index contributed by atoms with van der Waals surface area (Å²) in [5.41, 5.74) is 2.21. The van der Waals surface area contributed by atoms with E-state index in [2.05, 4.69) is 29.6 Å². The maximum Gasteiger partial charge on any atom is 0.0704 e. The molecule has 2 aromatic carbocycles.